The number of aliphatic hydroxyl groups excluding tert-OH is 1. The number of aromatic nitrogens is 2. The molecule has 1 saturated heterocycles. The number of thiocarbonyl (C=S) groups is 1. The van der Waals surface area contributed by atoms with E-state index in [0.717, 1.165) is 34.0 Å². The van der Waals surface area contributed by atoms with Crippen molar-refractivity contribution in [2.24, 2.45) is 0 Å². The number of thioether (sulfide) groups is 1. The Morgan fingerprint density at radius 2 is 1.79 bits per heavy atom. The lowest BCUT2D eigenvalue weighted by molar-refractivity contribution is -0.122. The third-order valence-corrected chi connectivity index (χ3v) is 7.72. The fraction of sp³-hybridized carbons (Fsp3) is 0.172. The molecule has 38 heavy (non-hydrogen) atoms. The van der Waals surface area contributed by atoms with Crippen LogP contribution < -0.4 is 10.9 Å². The summed E-state index contributed by atoms with van der Waals surface area (Å²) in [5.41, 5.74) is 4.07. The highest BCUT2D eigenvalue weighted by Gasteiger charge is 2.32. The van der Waals surface area contributed by atoms with Crippen LogP contribution in [-0.2, 0) is 11.3 Å². The highest BCUT2D eigenvalue weighted by atomic mass is 32.2. The molecule has 5 rings (SSSR count). The van der Waals surface area contributed by atoms with Gasteiger partial charge in [0.1, 0.15) is 15.8 Å². The molecular formula is C29H26N4O3S2. The van der Waals surface area contributed by atoms with E-state index in [1.54, 1.807) is 23.2 Å². The molecule has 9 heteroatoms. The van der Waals surface area contributed by atoms with E-state index < -0.39 is 6.10 Å². The number of hydrogen-bond acceptors (Lipinski definition) is 7. The Morgan fingerprint density at radius 1 is 1.05 bits per heavy atom. The molecule has 2 aromatic carbocycles. The van der Waals surface area contributed by atoms with Crippen LogP contribution in [0.2, 0.25) is 0 Å². The van der Waals surface area contributed by atoms with Gasteiger partial charge in [-0.3, -0.25) is 18.9 Å². The minimum atomic E-state index is -0.811. The van der Waals surface area contributed by atoms with Crippen molar-refractivity contribution in [1.82, 2.24) is 14.3 Å². The van der Waals surface area contributed by atoms with Crippen molar-refractivity contribution < 1.29 is 9.90 Å². The zero-order chi connectivity index (χ0) is 26.8. The summed E-state index contributed by atoms with van der Waals surface area (Å²) in [7, 11) is 0. The first-order chi connectivity index (χ1) is 18.3. The van der Waals surface area contributed by atoms with Crippen LogP contribution in [0.1, 0.15) is 33.9 Å². The lowest BCUT2D eigenvalue weighted by Crippen LogP contribution is -2.27. The molecule has 1 fully saturated rings. The van der Waals surface area contributed by atoms with E-state index in [-0.39, 0.29) is 23.6 Å². The number of aliphatic hydroxyl groups is 1. The van der Waals surface area contributed by atoms with E-state index in [1.165, 1.54) is 4.40 Å². The topological polar surface area (TPSA) is 86.9 Å². The molecule has 2 aromatic heterocycles. The second kappa shape index (κ2) is 10.9. The fourth-order valence-electron chi connectivity index (χ4n) is 4.21. The Bertz CT molecular complexity index is 1620. The smallest absolute Gasteiger partial charge is 0.267 e. The number of fused-ring (bicyclic) bond motifs is 1. The lowest BCUT2D eigenvalue weighted by atomic mass is 10.1. The second-order valence-electron chi connectivity index (χ2n) is 9.12. The highest BCUT2D eigenvalue weighted by Crippen LogP contribution is 2.34. The number of anilines is 1. The van der Waals surface area contributed by atoms with Gasteiger partial charge in [0.15, 0.2) is 0 Å². The summed E-state index contributed by atoms with van der Waals surface area (Å²) in [6, 6.07) is 20.8. The largest absolute Gasteiger partial charge is 0.387 e. The van der Waals surface area contributed by atoms with Crippen LogP contribution >= 0.6 is 24.0 Å². The summed E-state index contributed by atoms with van der Waals surface area (Å²) in [5.74, 6) is 0.0349. The van der Waals surface area contributed by atoms with E-state index in [1.807, 2.05) is 74.5 Å². The first-order valence-electron chi connectivity index (χ1n) is 12.1. The first kappa shape index (κ1) is 25.8. The van der Waals surface area contributed by atoms with Gasteiger partial charge in [0.25, 0.3) is 11.5 Å². The maximum Gasteiger partial charge on any atom is 0.267 e. The molecule has 1 aliphatic rings. The van der Waals surface area contributed by atoms with Crippen molar-refractivity contribution in [1.29, 1.82) is 0 Å². The third-order valence-electron chi connectivity index (χ3n) is 6.34. The maximum atomic E-state index is 13.6. The van der Waals surface area contributed by atoms with Gasteiger partial charge >= 0.3 is 0 Å². The summed E-state index contributed by atoms with van der Waals surface area (Å²) in [5, 5.41) is 13.8. The van der Waals surface area contributed by atoms with Gasteiger partial charge in [0, 0.05) is 12.7 Å². The molecule has 4 aromatic rings. The van der Waals surface area contributed by atoms with Crippen molar-refractivity contribution in [2.75, 3.05) is 11.9 Å². The Balaban J connectivity index is 1.50. The Kier molecular flexibility index (Phi) is 7.42. The quantitative estimate of drug-likeness (QED) is 0.255. The molecule has 2 N–H and O–H groups in total. The maximum absolute atomic E-state index is 13.6. The van der Waals surface area contributed by atoms with Gasteiger partial charge in [-0.1, -0.05) is 90.2 Å². The van der Waals surface area contributed by atoms with Gasteiger partial charge in [-0.15, -0.1) is 0 Å². The molecule has 1 amide bonds. The number of nitrogens with zero attached hydrogens (tertiary/aromatic N) is 3. The number of carbonyl (C=O) groups excluding carboxylic acids is 1. The molecule has 0 saturated carbocycles. The summed E-state index contributed by atoms with van der Waals surface area (Å²) in [4.78, 5) is 33.5. The van der Waals surface area contributed by atoms with E-state index in [0.29, 0.717) is 27.2 Å². The number of benzene rings is 2. The van der Waals surface area contributed by atoms with Gasteiger partial charge in [0.2, 0.25) is 0 Å². The Hall–Kier alpha value is -3.79. The zero-order valence-corrected chi connectivity index (χ0v) is 22.6. The van der Waals surface area contributed by atoms with Gasteiger partial charge in [0.05, 0.1) is 23.1 Å². The van der Waals surface area contributed by atoms with Crippen molar-refractivity contribution in [2.45, 2.75) is 26.5 Å². The molecule has 1 unspecified atom stereocenters. The average Bonchev–Trinajstić information content (AvgIpc) is 3.18. The fourth-order valence-corrected chi connectivity index (χ4v) is 5.44. The van der Waals surface area contributed by atoms with Crippen molar-refractivity contribution in [3.63, 3.8) is 0 Å². The number of nitrogens with one attached hydrogen (secondary N) is 1. The summed E-state index contributed by atoms with van der Waals surface area (Å²) < 4.78 is 1.90. The summed E-state index contributed by atoms with van der Waals surface area (Å²) >= 11 is 6.68. The molecule has 192 valence electrons. The van der Waals surface area contributed by atoms with Gasteiger partial charge < -0.3 is 10.4 Å². The monoisotopic (exact) mass is 542 g/mol. The summed E-state index contributed by atoms with van der Waals surface area (Å²) in [6.45, 7) is 4.37. The Labute approximate surface area is 229 Å². The van der Waals surface area contributed by atoms with Crippen LogP contribution in [0, 0.1) is 13.8 Å². The highest BCUT2D eigenvalue weighted by molar-refractivity contribution is 8.26. The predicted molar refractivity (Wildman–Crippen MR) is 156 cm³/mol. The van der Waals surface area contributed by atoms with Crippen molar-refractivity contribution >= 4 is 51.7 Å². The van der Waals surface area contributed by atoms with Crippen molar-refractivity contribution in [3.8, 4) is 0 Å². The number of rotatable bonds is 7. The molecule has 0 aliphatic carbocycles. The standard InChI is InChI=1S/C29H26N4O3S2/c1-18-10-12-20(13-11-18)17-33-28(36)24(38-29(33)37)15-22-25(30-16-23(34)21-8-4-3-5-9-21)31-26-19(2)7-6-14-32(26)27(22)35/h3-15,23,30,34H,16-17H2,1-2H3. The average molecular weight is 543 g/mol. The van der Waals surface area contributed by atoms with E-state index >= 15 is 0 Å². The van der Waals surface area contributed by atoms with Gasteiger partial charge in [-0.2, -0.15) is 0 Å². The van der Waals surface area contributed by atoms with Gasteiger partial charge in [-0.05, 0) is 42.7 Å². The van der Waals surface area contributed by atoms with Crippen LogP contribution in [0.3, 0.4) is 0 Å². The number of amides is 1. The first-order valence-corrected chi connectivity index (χ1v) is 13.3. The second-order valence-corrected chi connectivity index (χ2v) is 10.8. The number of aryl methyl sites for hydroxylation is 2. The molecular weight excluding hydrogens is 516 g/mol. The third kappa shape index (κ3) is 5.26. The minimum Gasteiger partial charge on any atom is -0.387 e. The Morgan fingerprint density at radius 3 is 2.53 bits per heavy atom. The molecule has 0 radical (unpaired) electrons. The van der Waals surface area contributed by atoms with E-state index in [9.17, 15) is 14.7 Å². The molecule has 0 spiro atoms. The zero-order valence-electron chi connectivity index (χ0n) is 20.9. The van der Waals surface area contributed by atoms with Crippen LogP contribution in [0.4, 0.5) is 5.82 Å². The van der Waals surface area contributed by atoms with E-state index in [4.69, 9.17) is 17.2 Å². The van der Waals surface area contributed by atoms with Crippen LogP contribution in [0.25, 0.3) is 11.7 Å². The van der Waals surface area contributed by atoms with Gasteiger partial charge in [-0.25, -0.2) is 4.98 Å². The number of carbonyl (C=O) groups is 1. The summed E-state index contributed by atoms with van der Waals surface area (Å²) in [6.07, 6.45) is 2.39. The normalized spacial score (nSPS) is 15.4. The molecule has 7 nitrogen and oxygen atoms in total. The van der Waals surface area contributed by atoms with Crippen molar-refractivity contribution in [3.05, 3.63) is 116 Å². The number of pyridine rings is 1. The van der Waals surface area contributed by atoms with Crippen LogP contribution in [0.15, 0.2) is 82.6 Å². The molecule has 0 bridgehead atoms. The van der Waals surface area contributed by atoms with E-state index in [2.05, 4.69) is 5.32 Å². The van der Waals surface area contributed by atoms with Crippen LogP contribution in [-0.4, -0.2) is 36.2 Å². The minimum absolute atomic E-state index is 0.133. The lowest BCUT2D eigenvalue weighted by Gasteiger charge is -2.16. The molecule has 3 heterocycles. The predicted octanol–water partition coefficient (Wildman–Crippen LogP) is 4.86. The SMILES string of the molecule is Cc1ccc(CN2C(=O)C(=Cc3c(NCC(O)c4ccccc4)nc4c(C)cccn4c3=O)SC2=S)cc1. The van der Waals surface area contributed by atoms with Crippen LogP contribution in [0.5, 0.6) is 0 Å². The number of hydrogen-bond donors (Lipinski definition) is 2. The molecule has 1 aliphatic heterocycles. The molecule has 1 atom stereocenters.